The van der Waals surface area contributed by atoms with E-state index >= 15 is 0 Å². The van der Waals surface area contributed by atoms with Crippen molar-refractivity contribution >= 4 is 23.2 Å². The Balaban J connectivity index is 2.99. The fraction of sp³-hybridized carbons (Fsp3) is 0.600. The summed E-state index contributed by atoms with van der Waals surface area (Å²) in [6.45, 7) is 11.2. The Labute approximate surface area is 126 Å². The summed E-state index contributed by atoms with van der Waals surface area (Å²) in [5.41, 5.74) is 1.02. The summed E-state index contributed by atoms with van der Waals surface area (Å²) < 4.78 is 5.92. The third-order valence-electron chi connectivity index (χ3n) is 2.79. The van der Waals surface area contributed by atoms with Gasteiger partial charge in [-0.25, -0.2) is 0 Å². The Morgan fingerprint density at radius 2 is 1.89 bits per heavy atom. The molecule has 0 aliphatic carbocycles. The van der Waals surface area contributed by atoms with Crippen molar-refractivity contribution in [1.29, 1.82) is 0 Å². The predicted molar refractivity (Wildman–Crippen MR) is 83.4 cm³/mol. The molecule has 0 aromatic heterocycles. The van der Waals surface area contributed by atoms with Crippen molar-refractivity contribution in [2.24, 2.45) is 0 Å². The number of benzene rings is 1. The Bertz CT molecular complexity index is 427. The smallest absolute Gasteiger partial charge is 0.142 e. The van der Waals surface area contributed by atoms with Crippen LogP contribution in [0.15, 0.2) is 12.1 Å². The average Bonchev–Trinajstić information content (AvgIpc) is 2.28. The second kappa shape index (κ2) is 6.83. The lowest BCUT2D eigenvalue weighted by Crippen LogP contribution is -2.35. The average molecular weight is 304 g/mol. The molecule has 1 rings (SSSR count). The van der Waals surface area contributed by atoms with Gasteiger partial charge < -0.3 is 10.1 Å². The highest BCUT2D eigenvalue weighted by atomic mass is 35.5. The second-order valence-electron chi connectivity index (χ2n) is 5.82. The van der Waals surface area contributed by atoms with Gasteiger partial charge in [-0.05, 0) is 46.2 Å². The molecule has 1 unspecified atom stereocenters. The Kier molecular flexibility index (Phi) is 5.97. The van der Waals surface area contributed by atoms with Gasteiger partial charge in [-0.3, -0.25) is 0 Å². The molecule has 4 heteroatoms. The molecule has 1 aromatic carbocycles. The SMILES string of the molecule is CCC(C)Oc1c(Cl)cc(Cl)cc1CNC(C)(C)C. The molecule has 0 heterocycles. The fourth-order valence-corrected chi connectivity index (χ4v) is 2.10. The Morgan fingerprint density at radius 1 is 1.26 bits per heavy atom. The van der Waals surface area contributed by atoms with Gasteiger partial charge in [0.1, 0.15) is 5.75 Å². The fourth-order valence-electron chi connectivity index (χ4n) is 1.52. The molecule has 0 aliphatic rings. The van der Waals surface area contributed by atoms with Gasteiger partial charge in [0.2, 0.25) is 0 Å². The molecule has 1 N–H and O–H groups in total. The van der Waals surface area contributed by atoms with Crippen LogP contribution in [-0.4, -0.2) is 11.6 Å². The monoisotopic (exact) mass is 303 g/mol. The van der Waals surface area contributed by atoms with E-state index in [0.29, 0.717) is 16.6 Å². The minimum absolute atomic E-state index is 0.0302. The van der Waals surface area contributed by atoms with Crippen molar-refractivity contribution in [2.45, 2.75) is 59.2 Å². The number of ether oxygens (including phenoxy) is 1. The molecule has 2 nitrogen and oxygen atoms in total. The summed E-state index contributed by atoms with van der Waals surface area (Å²) in [4.78, 5) is 0. The van der Waals surface area contributed by atoms with E-state index < -0.39 is 0 Å². The summed E-state index contributed by atoms with van der Waals surface area (Å²) in [6.07, 6.45) is 1.07. The number of rotatable bonds is 5. The predicted octanol–water partition coefficient (Wildman–Crippen LogP) is 5.06. The molecule has 1 atom stereocenters. The highest BCUT2D eigenvalue weighted by Crippen LogP contribution is 2.33. The van der Waals surface area contributed by atoms with Gasteiger partial charge in [-0.1, -0.05) is 30.1 Å². The van der Waals surface area contributed by atoms with Crippen molar-refractivity contribution in [3.05, 3.63) is 27.7 Å². The van der Waals surface area contributed by atoms with E-state index in [1.54, 1.807) is 6.07 Å². The lowest BCUT2D eigenvalue weighted by Gasteiger charge is -2.23. The van der Waals surface area contributed by atoms with Crippen molar-refractivity contribution in [3.8, 4) is 5.75 Å². The molecule has 0 fully saturated rings. The number of nitrogens with one attached hydrogen (secondary N) is 1. The zero-order valence-electron chi connectivity index (χ0n) is 12.3. The van der Waals surface area contributed by atoms with Crippen molar-refractivity contribution < 1.29 is 4.74 Å². The van der Waals surface area contributed by atoms with Crippen LogP contribution in [0.1, 0.15) is 46.6 Å². The van der Waals surface area contributed by atoms with Crippen molar-refractivity contribution in [1.82, 2.24) is 5.32 Å². The molecule has 0 amide bonds. The quantitative estimate of drug-likeness (QED) is 0.821. The first-order chi connectivity index (χ1) is 8.73. The van der Waals surface area contributed by atoms with Gasteiger partial charge in [-0.2, -0.15) is 0 Å². The minimum atomic E-state index is 0.0302. The van der Waals surface area contributed by atoms with E-state index in [4.69, 9.17) is 27.9 Å². The molecule has 1 aromatic rings. The second-order valence-corrected chi connectivity index (χ2v) is 6.66. The van der Waals surface area contributed by atoms with Crippen LogP contribution in [0.5, 0.6) is 5.75 Å². The number of halogens is 2. The van der Waals surface area contributed by atoms with Crippen LogP contribution >= 0.6 is 23.2 Å². The van der Waals surface area contributed by atoms with Gasteiger partial charge in [0.25, 0.3) is 0 Å². The largest absolute Gasteiger partial charge is 0.489 e. The van der Waals surface area contributed by atoms with E-state index in [1.165, 1.54) is 0 Å². The highest BCUT2D eigenvalue weighted by molar-refractivity contribution is 6.35. The van der Waals surface area contributed by atoms with Crippen LogP contribution < -0.4 is 10.1 Å². The Morgan fingerprint density at radius 3 is 2.42 bits per heavy atom. The molecular weight excluding hydrogens is 281 g/mol. The van der Waals surface area contributed by atoms with E-state index in [-0.39, 0.29) is 11.6 Å². The lowest BCUT2D eigenvalue weighted by molar-refractivity contribution is 0.214. The summed E-state index contributed by atoms with van der Waals surface area (Å²) in [6, 6.07) is 3.63. The third kappa shape index (κ3) is 5.60. The van der Waals surface area contributed by atoms with E-state index in [1.807, 2.05) is 13.0 Å². The van der Waals surface area contributed by atoms with Crippen LogP contribution in [0, 0.1) is 0 Å². The topological polar surface area (TPSA) is 21.3 Å². The molecule has 0 radical (unpaired) electrons. The van der Waals surface area contributed by atoms with Crippen LogP contribution in [0.2, 0.25) is 10.0 Å². The van der Waals surface area contributed by atoms with E-state index in [2.05, 4.69) is 33.0 Å². The maximum absolute atomic E-state index is 6.25. The normalized spacial score (nSPS) is 13.4. The van der Waals surface area contributed by atoms with Crippen molar-refractivity contribution in [3.63, 3.8) is 0 Å². The van der Waals surface area contributed by atoms with E-state index in [0.717, 1.165) is 17.7 Å². The van der Waals surface area contributed by atoms with Crippen LogP contribution in [-0.2, 0) is 6.54 Å². The molecule has 0 spiro atoms. The summed E-state index contributed by atoms with van der Waals surface area (Å²) in [5.74, 6) is 0.733. The highest BCUT2D eigenvalue weighted by Gasteiger charge is 2.16. The molecule has 0 saturated heterocycles. The maximum Gasteiger partial charge on any atom is 0.142 e. The first-order valence-corrected chi connectivity index (χ1v) is 7.38. The zero-order valence-corrected chi connectivity index (χ0v) is 13.8. The van der Waals surface area contributed by atoms with Crippen LogP contribution in [0.3, 0.4) is 0 Å². The summed E-state index contributed by atoms with van der Waals surface area (Å²) in [5, 5.41) is 4.63. The molecular formula is C15H23Cl2NO. The van der Waals surface area contributed by atoms with Gasteiger partial charge in [0.15, 0.2) is 0 Å². The first kappa shape index (κ1) is 16.6. The van der Waals surface area contributed by atoms with Crippen molar-refractivity contribution in [2.75, 3.05) is 0 Å². The maximum atomic E-state index is 6.25. The van der Waals surface area contributed by atoms with Crippen LogP contribution in [0.4, 0.5) is 0 Å². The van der Waals surface area contributed by atoms with Gasteiger partial charge in [0.05, 0.1) is 11.1 Å². The van der Waals surface area contributed by atoms with Gasteiger partial charge >= 0.3 is 0 Å². The number of hydrogen-bond donors (Lipinski definition) is 1. The minimum Gasteiger partial charge on any atom is -0.489 e. The molecule has 0 bridgehead atoms. The van der Waals surface area contributed by atoms with Crippen LogP contribution in [0.25, 0.3) is 0 Å². The summed E-state index contributed by atoms with van der Waals surface area (Å²) in [7, 11) is 0. The van der Waals surface area contributed by atoms with Gasteiger partial charge in [0, 0.05) is 22.7 Å². The zero-order chi connectivity index (χ0) is 14.6. The molecule has 108 valence electrons. The summed E-state index contributed by atoms with van der Waals surface area (Å²) >= 11 is 12.3. The Hall–Kier alpha value is -0.440. The number of hydrogen-bond acceptors (Lipinski definition) is 2. The third-order valence-corrected chi connectivity index (χ3v) is 3.29. The van der Waals surface area contributed by atoms with Gasteiger partial charge in [-0.15, -0.1) is 0 Å². The molecule has 0 aliphatic heterocycles. The first-order valence-electron chi connectivity index (χ1n) is 6.62. The standard InChI is InChI=1S/C15H23Cl2NO/c1-6-10(2)19-14-11(9-18-15(3,4)5)7-12(16)8-13(14)17/h7-8,10,18H,6,9H2,1-5H3. The lowest BCUT2D eigenvalue weighted by atomic mass is 10.1. The molecule has 0 saturated carbocycles. The molecule has 19 heavy (non-hydrogen) atoms. The van der Waals surface area contributed by atoms with E-state index in [9.17, 15) is 0 Å².